The van der Waals surface area contributed by atoms with Gasteiger partial charge in [-0.05, 0) is 35.6 Å². The molecule has 0 unspecified atom stereocenters. The van der Waals surface area contributed by atoms with Crippen LogP contribution in [0.5, 0.6) is 0 Å². The van der Waals surface area contributed by atoms with E-state index in [-0.39, 0.29) is 42.8 Å². The van der Waals surface area contributed by atoms with E-state index in [0.29, 0.717) is 30.7 Å². The molecule has 0 aromatic heterocycles. The van der Waals surface area contributed by atoms with Crippen LogP contribution in [0, 0.1) is 17.5 Å². The average molecular weight is 515 g/mol. The van der Waals surface area contributed by atoms with Gasteiger partial charge in [-0.15, -0.1) is 0 Å². The first-order valence-electron chi connectivity index (χ1n) is 11.4. The van der Waals surface area contributed by atoms with Crippen molar-refractivity contribution in [1.82, 2.24) is 9.80 Å². The third-order valence-corrected chi connectivity index (χ3v) is 6.12. The van der Waals surface area contributed by atoms with Crippen LogP contribution < -0.4 is 5.73 Å². The third-order valence-electron chi connectivity index (χ3n) is 6.12. The van der Waals surface area contributed by atoms with Crippen LogP contribution in [0.1, 0.15) is 29.5 Å². The molecule has 1 aliphatic heterocycles. The second-order valence-electron chi connectivity index (χ2n) is 9.05. The number of alkyl halides is 3. The summed E-state index contributed by atoms with van der Waals surface area (Å²) in [6, 6.07) is 4.97. The van der Waals surface area contributed by atoms with Crippen molar-refractivity contribution in [2.24, 2.45) is 5.73 Å². The van der Waals surface area contributed by atoms with E-state index in [0.717, 1.165) is 0 Å². The summed E-state index contributed by atoms with van der Waals surface area (Å²) >= 11 is 0. The summed E-state index contributed by atoms with van der Waals surface area (Å²) in [5.74, 6) is -4.32. The molecular weight excluding hydrogens is 488 g/mol. The fourth-order valence-corrected chi connectivity index (χ4v) is 4.29. The fraction of sp³-hybridized carbons (Fsp3) is 0.440. The molecule has 1 heterocycles. The first-order chi connectivity index (χ1) is 16.8. The van der Waals surface area contributed by atoms with Gasteiger partial charge in [0.2, 0.25) is 11.8 Å². The molecule has 0 saturated carbocycles. The number of amides is 2. The number of hydrogen-bond donors (Lipinski definition) is 1. The van der Waals surface area contributed by atoms with Gasteiger partial charge in [-0.25, -0.2) is 13.2 Å². The Labute approximate surface area is 204 Å². The topological polar surface area (TPSA) is 66.6 Å². The molecule has 196 valence electrons. The van der Waals surface area contributed by atoms with Gasteiger partial charge < -0.3 is 15.5 Å². The predicted octanol–water partition coefficient (Wildman–Crippen LogP) is 3.77. The van der Waals surface area contributed by atoms with Crippen molar-refractivity contribution < 1.29 is 35.9 Å². The molecule has 1 aliphatic rings. The van der Waals surface area contributed by atoms with E-state index in [1.807, 2.05) is 0 Å². The zero-order chi connectivity index (χ0) is 26.6. The van der Waals surface area contributed by atoms with E-state index < -0.39 is 48.0 Å². The summed E-state index contributed by atoms with van der Waals surface area (Å²) in [5, 5.41) is 0. The van der Waals surface area contributed by atoms with Crippen molar-refractivity contribution in [1.29, 1.82) is 0 Å². The van der Waals surface area contributed by atoms with Gasteiger partial charge in [0.15, 0.2) is 11.6 Å². The van der Waals surface area contributed by atoms with Crippen LogP contribution in [0.2, 0.25) is 0 Å². The Kier molecular flexibility index (Phi) is 8.65. The predicted molar refractivity (Wildman–Crippen MR) is 120 cm³/mol. The highest BCUT2D eigenvalue weighted by Crippen LogP contribution is 2.23. The fourth-order valence-electron chi connectivity index (χ4n) is 4.29. The molecule has 0 bridgehead atoms. The molecule has 5 nitrogen and oxygen atoms in total. The lowest BCUT2D eigenvalue weighted by Gasteiger charge is -2.31. The molecule has 3 rings (SSSR count). The van der Waals surface area contributed by atoms with E-state index in [9.17, 15) is 35.9 Å². The summed E-state index contributed by atoms with van der Waals surface area (Å²) in [6.07, 6.45) is -5.31. The van der Waals surface area contributed by atoms with Gasteiger partial charge >= 0.3 is 6.18 Å². The number of halogens is 6. The van der Waals surface area contributed by atoms with Gasteiger partial charge in [0, 0.05) is 45.1 Å². The molecule has 0 radical (unpaired) electrons. The summed E-state index contributed by atoms with van der Waals surface area (Å²) in [7, 11) is 1.60. The molecule has 11 heteroatoms. The second kappa shape index (κ2) is 11.3. The summed E-state index contributed by atoms with van der Waals surface area (Å²) < 4.78 is 78.6. The van der Waals surface area contributed by atoms with Gasteiger partial charge in [-0.1, -0.05) is 24.3 Å². The van der Waals surface area contributed by atoms with Crippen LogP contribution in [-0.2, 0) is 28.9 Å². The molecule has 1 fully saturated rings. The van der Waals surface area contributed by atoms with Crippen LogP contribution in [0.3, 0.4) is 0 Å². The number of nitrogens with two attached hydrogens (primary N) is 1. The number of benzene rings is 2. The van der Waals surface area contributed by atoms with Crippen LogP contribution in [0.25, 0.3) is 0 Å². The molecule has 0 aliphatic carbocycles. The van der Waals surface area contributed by atoms with Crippen LogP contribution in [0.4, 0.5) is 26.3 Å². The maximum atomic E-state index is 14.0. The van der Waals surface area contributed by atoms with E-state index in [4.69, 9.17) is 5.73 Å². The van der Waals surface area contributed by atoms with Gasteiger partial charge in [0.25, 0.3) is 0 Å². The maximum Gasteiger partial charge on any atom is 0.393 e. The monoisotopic (exact) mass is 515 g/mol. The van der Waals surface area contributed by atoms with Crippen LogP contribution >= 0.6 is 0 Å². The molecule has 1 saturated heterocycles. The van der Waals surface area contributed by atoms with E-state index >= 15 is 0 Å². The first kappa shape index (κ1) is 27.5. The Morgan fingerprint density at radius 3 is 2.28 bits per heavy atom. The van der Waals surface area contributed by atoms with Gasteiger partial charge in [-0.3, -0.25) is 9.59 Å². The van der Waals surface area contributed by atoms with Gasteiger partial charge in [0.05, 0.1) is 6.42 Å². The molecule has 2 aromatic rings. The number of rotatable bonds is 7. The molecule has 2 amide bonds. The van der Waals surface area contributed by atoms with Crippen LogP contribution in [-0.4, -0.2) is 60.0 Å². The lowest BCUT2D eigenvalue weighted by Crippen LogP contribution is -2.50. The zero-order valence-corrected chi connectivity index (χ0v) is 19.6. The third kappa shape index (κ3) is 7.22. The normalized spacial score (nSPS) is 17.8. The number of hydrogen-bond acceptors (Lipinski definition) is 3. The number of carbonyl (C=O) groups excluding carboxylic acids is 2. The molecule has 36 heavy (non-hydrogen) atoms. The minimum absolute atomic E-state index is 0.0823. The second-order valence-corrected chi connectivity index (χ2v) is 9.05. The van der Waals surface area contributed by atoms with E-state index in [2.05, 4.69) is 0 Å². The lowest BCUT2D eigenvalue weighted by molar-refractivity contribution is -0.143. The van der Waals surface area contributed by atoms with Crippen molar-refractivity contribution in [3.63, 3.8) is 0 Å². The largest absolute Gasteiger partial charge is 0.393 e. The van der Waals surface area contributed by atoms with Crippen LogP contribution in [0.15, 0.2) is 36.4 Å². The summed E-state index contributed by atoms with van der Waals surface area (Å²) in [6.45, 7) is 0.660. The highest BCUT2D eigenvalue weighted by Gasteiger charge is 2.35. The number of likely N-dealkylation sites (N-methyl/N-ethyl adjacent to an activating group) is 1. The molecular formula is C25H27F6N3O2. The molecule has 2 N–H and O–H groups in total. The standard InChI is InChI=1S/C25H27F6N3O2/c1-33-7-2-8-34(23(35)12-18(32)10-17-11-20(27)21(28)13-19(17)26)22(24(33)36)9-15-3-5-16(6-4-15)14-25(29,30)31/h3-6,11,13,18,22H,2,7-10,12,14,32H2,1H3/t18-,22-/m1/s1. The minimum Gasteiger partial charge on any atom is -0.344 e. The molecule has 2 atom stereocenters. The molecule has 2 aromatic carbocycles. The minimum atomic E-state index is -4.34. The summed E-state index contributed by atoms with van der Waals surface area (Å²) in [4.78, 5) is 29.1. The Morgan fingerprint density at radius 2 is 1.64 bits per heavy atom. The van der Waals surface area contributed by atoms with Crippen molar-refractivity contribution in [2.45, 2.75) is 50.4 Å². The quantitative estimate of drug-likeness (QED) is 0.451. The Bertz CT molecular complexity index is 1090. The zero-order valence-electron chi connectivity index (χ0n) is 19.6. The van der Waals surface area contributed by atoms with Crippen molar-refractivity contribution in [2.75, 3.05) is 20.1 Å². The van der Waals surface area contributed by atoms with E-state index in [1.165, 1.54) is 34.1 Å². The summed E-state index contributed by atoms with van der Waals surface area (Å²) in [5.41, 5.74) is 6.51. The van der Waals surface area contributed by atoms with Crippen molar-refractivity contribution in [3.8, 4) is 0 Å². The molecule has 0 spiro atoms. The Morgan fingerprint density at radius 1 is 1.03 bits per heavy atom. The number of carbonyl (C=O) groups is 2. The number of nitrogens with zero attached hydrogens (tertiary/aromatic N) is 2. The maximum absolute atomic E-state index is 14.0. The lowest BCUT2D eigenvalue weighted by atomic mass is 9.99. The smallest absolute Gasteiger partial charge is 0.344 e. The Hall–Kier alpha value is -3.08. The Balaban J connectivity index is 1.74. The average Bonchev–Trinajstić information content (AvgIpc) is 2.91. The SMILES string of the molecule is CN1CCCN(C(=O)C[C@H](N)Cc2cc(F)c(F)cc2F)[C@H](Cc2ccc(CC(F)(F)F)cc2)C1=O. The first-order valence-corrected chi connectivity index (χ1v) is 11.4. The van der Waals surface area contributed by atoms with Gasteiger partial charge in [0.1, 0.15) is 11.9 Å². The van der Waals surface area contributed by atoms with Crippen molar-refractivity contribution in [3.05, 3.63) is 70.5 Å². The highest BCUT2D eigenvalue weighted by molar-refractivity contribution is 5.88. The highest BCUT2D eigenvalue weighted by atomic mass is 19.4. The van der Waals surface area contributed by atoms with Crippen molar-refractivity contribution >= 4 is 11.8 Å². The van der Waals surface area contributed by atoms with E-state index in [1.54, 1.807) is 7.05 Å². The van der Waals surface area contributed by atoms with Gasteiger partial charge in [-0.2, -0.15) is 13.2 Å².